The Hall–Kier alpha value is -1.77. The van der Waals surface area contributed by atoms with Gasteiger partial charge in [0.25, 0.3) is 0 Å². The number of fused-ring (bicyclic) bond motifs is 2. The maximum atomic E-state index is 12.3. The summed E-state index contributed by atoms with van der Waals surface area (Å²) in [7, 11) is 1.55. The lowest BCUT2D eigenvalue weighted by Crippen LogP contribution is -2.44. The summed E-state index contributed by atoms with van der Waals surface area (Å²) >= 11 is 0. The van der Waals surface area contributed by atoms with Crippen LogP contribution in [0.3, 0.4) is 0 Å². The molecule has 0 unspecified atom stereocenters. The molecular formula is C18H26N4O4. The van der Waals surface area contributed by atoms with Crippen molar-refractivity contribution in [3.63, 3.8) is 0 Å². The zero-order valence-electron chi connectivity index (χ0n) is 15.5. The summed E-state index contributed by atoms with van der Waals surface area (Å²) in [5.41, 5.74) is 2.86. The van der Waals surface area contributed by atoms with E-state index in [2.05, 4.69) is 4.90 Å². The van der Waals surface area contributed by atoms with Gasteiger partial charge in [0.1, 0.15) is 6.61 Å². The number of hydrogen-bond donors (Lipinski definition) is 0. The molecule has 1 aromatic heterocycles. The van der Waals surface area contributed by atoms with E-state index in [4.69, 9.17) is 24.2 Å². The number of amides is 1. The largest absolute Gasteiger partial charge is 0.378 e. The molecule has 1 atom stereocenters. The standard InChI is InChI=1S/C18H26N4O4/c1-13-14-9-26-12-18(3-4-22(11-18)15(23)10-24-2)16(14)20-17(19-13)21-5-7-25-8-6-21/h3-12H2,1-2H3/t18-/m1/s1. The molecule has 1 amide bonds. The van der Waals surface area contributed by atoms with Gasteiger partial charge in [0.15, 0.2) is 0 Å². The first-order valence-corrected chi connectivity index (χ1v) is 9.18. The first-order chi connectivity index (χ1) is 12.6. The fraction of sp³-hybridized carbons (Fsp3) is 0.722. The zero-order chi connectivity index (χ0) is 18.1. The van der Waals surface area contributed by atoms with Gasteiger partial charge in [-0.05, 0) is 13.3 Å². The molecular weight excluding hydrogens is 336 g/mol. The second kappa shape index (κ2) is 7.09. The van der Waals surface area contributed by atoms with E-state index in [1.807, 2.05) is 11.8 Å². The predicted octanol–water partition coefficient (Wildman–Crippen LogP) is 0.268. The highest BCUT2D eigenvalue weighted by molar-refractivity contribution is 5.78. The van der Waals surface area contributed by atoms with Crippen LogP contribution in [0, 0.1) is 6.92 Å². The summed E-state index contributed by atoms with van der Waals surface area (Å²) < 4.78 is 16.4. The molecule has 1 aromatic rings. The maximum absolute atomic E-state index is 12.3. The van der Waals surface area contributed by atoms with Gasteiger partial charge in [-0.3, -0.25) is 4.79 Å². The minimum atomic E-state index is -0.244. The summed E-state index contributed by atoms with van der Waals surface area (Å²) in [5.74, 6) is 0.795. The highest BCUT2D eigenvalue weighted by Gasteiger charge is 2.46. The quantitative estimate of drug-likeness (QED) is 0.764. The normalized spacial score (nSPS) is 25.6. The van der Waals surface area contributed by atoms with Crippen LogP contribution in [0.25, 0.3) is 0 Å². The van der Waals surface area contributed by atoms with Crippen molar-refractivity contribution in [2.24, 2.45) is 0 Å². The Morgan fingerprint density at radius 2 is 2.04 bits per heavy atom. The van der Waals surface area contributed by atoms with E-state index in [9.17, 15) is 4.79 Å². The summed E-state index contributed by atoms with van der Waals surface area (Å²) in [6, 6.07) is 0. The van der Waals surface area contributed by atoms with Crippen molar-refractivity contribution < 1.29 is 19.0 Å². The number of anilines is 1. The summed E-state index contributed by atoms with van der Waals surface area (Å²) in [4.78, 5) is 26.0. The highest BCUT2D eigenvalue weighted by atomic mass is 16.5. The zero-order valence-corrected chi connectivity index (χ0v) is 15.5. The molecule has 26 heavy (non-hydrogen) atoms. The Morgan fingerprint density at radius 1 is 1.23 bits per heavy atom. The van der Waals surface area contributed by atoms with E-state index >= 15 is 0 Å². The summed E-state index contributed by atoms with van der Waals surface area (Å²) in [6.45, 7) is 7.62. The van der Waals surface area contributed by atoms with Crippen molar-refractivity contribution in [1.29, 1.82) is 0 Å². The smallest absolute Gasteiger partial charge is 0.248 e. The second-order valence-corrected chi connectivity index (χ2v) is 7.31. The lowest BCUT2D eigenvalue weighted by molar-refractivity contribution is -0.134. The monoisotopic (exact) mass is 362 g/mol. The third kappa shape index (κ3) is 3.06. The lowest BCUT2D eigenvalue weighted by Gasteiger charge is -2.36. The Bertz CT molecular complexity index is 692. The van der Waals surface area contributed by atoms with Crippen molar-refractivity contribution in [1.82, 2.24) is 14.9 Å². The first-order valence-electron chi connectivity index (χ1n) is 9.18. The van der Waals surface area contributed by atoms with Crippen molar-refractivity contribution in [3.8, 4) is 0 Å². The minimum Gasteiger partial charge on any atom is -0.378 e. The molecule has 8 heteroatoms. The van der Waals surface area contributed by atoms with Crippen LogP contribution in [0.15, 0.2) is 0 Å². The number of morpholine rings is 1. The summed E-state index contributed by atoms with van der Waals surface area (Å²) in [6.07, 6.45) is 0.856. The van der Waals surface area contributed by atoms with E-state index in [0.717, 1.165) is 42.4 Å². The van der Waals surface area contributed by atoms with E-state index in [-0.39, 0.29) is 17.9 Å². The number of nitrogens with zero attached hydrogens (tertiary/aromatic N) is 4. The SMILES string of the molecule is COCC(=O)N1CC[C@]2(COCc3c(C)nc(N4CCOCC4)nc32)C1. The Kier molecular flexibility index (Phi) is 4.81. The Morgan fingerprint density at radius 3 is 2.81 bits per heavy atom. The molecule has 0 aromatic carbocycles. The van der Waals surface area contributed by atoms with E-state index < -0.39 is 0 Å². The molecule has 3 aliphatic heterocycles. The fourth-order valence-corrected chi connectivity index (χ4v) is 4.13. The number of methoxy groups -OCH3 is 1. The van der Waals surface area contributed by atoms with Crippen LogP contribution in [0.4, 0.5) is 5.95 Å². The molecule has 4 heterocycles. The van der Waals surface area contributed by atoms with Gasteiger partial charge >= 0.3 is 0 Å². The molecule has 0 radical (unpaired) electrons. The topological polar surface area (TPSA) is 77.0 Å². The number of aromatic nitrogens is 2. The first kappa shape index (κ1) is 17.6. The molecule has 142 valence electrons. The molecule has 0 saturated carbocycles. The van der Waals surface area contributed by atoms with Gasteiger partial charge in [0.2, 0.25) is 11.9 Å². The van der Waals surface area contributed by atoms with Gasteiger partial charge in [-0.2, -0.15) is 0 Å². The number of rotatable bonds is 3. The highest BCUT2D eigenvalue weighted by Crippen LogP contribution is 2.40. The molecule has 0 N–H and O–H groups in total. The van der Waals surface area contributed by atoms with Crippen molar-refractivity contribution >= 4 is 11.9 Å². The predicted molar refractivity (Wildman–Crippen MR) is 94.2 cm³/mol. The number of likely N-dealkylation sites (tertiary alicyclic amines) is 1. The third-order valence-electron chi connectivity index (χ3n) is 5.60. The fourth-order valence-electron chi connectivity index (χ4n) is 4.13. The molecule has 3 aliphatic rings. The number of ether oxygens (including phenoxy) is 3. The van der Waals surface area contributed by atoms with Crippen molar-refractivity contribution in [2.75, 3.05) is 64.6 Å². The van der Waals surface area contributed by atoms with Gasteiger partial charge in [-0.1, -0.05) is 0 Å². The molecule has 1 spiro atoms. The average Bonchev–Trinajstić information content (AvgIpc) is 3.08. The van der Waals surface area contributed by atoms with Crippen LogP contribution in [0.5, 0.6) is 0 Å². The van der Waals surface area contributed by atoms with Gasteiger partial charge < -0.3 is 24.0 Å². The van der Waals surface area contributed by atoms with Gasteiger partial charge in [-0.15, -0.1) is 0 Å². The molecule has 4 rings (SSSR count). The van der Waals surface area contributed by atoms with Crippen molar-refractivity contribution in [3.05, 3.63) is 17.0 Å². The summed E-state index contributed by atoms with van der Waals surface area (Å²) in [5, 5.41) is 0. The van der Waals surface area contributed by atoms with Crippen LogP contribution in [0.2, 0.25) is 0 Å². The van der Waals surface area contributed by atoms with Crippen LogP contribution in [-0.4, -0.2) is 80.5 Å². The van der Waals surface area contributed by atoms with Gasteiger partial charge in [0, 0.05) is 44.5 Å². The molecule has 2 saturated heterocycles. The maximum Gasteiger partial charge on any atom is 0.248 e. The molecule has 0 bridgehead atoms. The second-order valence-electron chi connectivity index (χ2n) is 7.31. The molecule has 0 aliphatic carbocycles. The van der Waals surface area contributed by atoms with Crippen LogP contribution < -0.4 is 4.90 Å². The molecule has 8 nitrogen and oxygen atoms in total. The third-order valence-corrected chi connectivity index (χ3v) is 5.60. The van der Waals surface area contributed by atoms with Gasteiger partial charge in [0.05, 0.1) is 37.5 Å². The van der Waals surface area contributed by atoms with E-state index in [1.54, 1.807) is 7.11 Å². The number of aryl methyl sites for hydroxylation is 1. The van der Waals surface area contributed by atoms with Gasteiger partial charge in [-0.25, -0.2) is 9.97 Å². The Balaban J connectivity index is 1.66. The van der Waals surface area contributed by atoms with Crippen LogP contribution in [-0.2, 0) is 31.0 Å². The average molecular weight is 362 g/mol. The lowest BCUT2D eigenvalue weighted by atomic mass is 9.80. The minimum absolute atomic E-state index is 0.0238. The number of carbonyl (C=O) groups is 1. The van der Waals surface area contributed by atoms with E-state index in [0.29, 0.717) is 39.5 Å². The molecule has 2 fully saturated rings. The number of hydrogen-bond acceptors (Lipinski definition) is 7. The van der Waals surface area contributed by atoms with Crippen LogP contribution >= 0.6 is 0 Å². The Labute approximate surface area is 153 Å². The van der Waals surface area contributed by atoms with Crippen molar-refractivity contribution in [2.45, 2.75) is 25.4 Å². The van der Waals surface area contributed by atoms with E-state index in [1.165, 1.54) is 0 Å². The number of carbonyl (C=O) groups excluding carboxylic acids is 1. The van der Waals surface area contributed by atoms with Crippen LogP contribution in [0.1, 0.15) is 23.4 Å².